The molecule has 0 aliphatic rings. The van der Waals surface area contributed by atoms with E-state index < -0.39 is 23.6 Å². The van der Waals surface area contributed by atoms with Crippen LogP contribution in [0.25, 0.3) is 0 Å². The third-order valence-electron chi connectivity index (χ3n) is 2.69. The Hall–Kier alpha value is -1.92. The number of aromatic nitrogens is 1. The lowest BCUT2D eigenvalue weighted by Crippen LogP contribution is -2.32. The van der Waals surface area contributed by atoms with Crippen molar-refractivity contribution in [1.29, 1.82) is 0 Å². The predicted molar refractivity (Wildman–Crippen MR) is 71.4 cm³/mol. The molecule has 0 spiro atoms. The Kier molecular flexibility index (Phi) is 4.36. The topological polar surface area (TPSA) is 70.9 Å². The summed E-state index contributed by atoms with van der Waals surface area (Å²) in [5.41, 5.74) is 6.40. The first-order chi connectivity index (χ1) is 9.45. The third kappa shape index (κ3) is 3.55. The van der Waals surface area contributed by atoms with Crippen LogP contribution in [0.15, 0.2) is 30.5 Å². The highest BCUT2D eigenvalue weighted by Gasteiger charge is 2.12. The maximum atomic E-state index is 13.2. The molecule has 0 aliphatic carbocycles. The number of hydrogen-bond donors (Lipinski definition) is 3. The van der Waals surface area contributed by atoms with Crippen molar-refractivity contribution in [2.45, 2.75) is 6.04 Å². The fourth-order valence-corrected chi connectivity index (χ4v) is 1.93. The summed E-state index contributed by atoms with van der Waals surface area (Å²) in [5, 5.41) is 2.75. The molecule has 2 rings (SSSR count). The van der Waals surface area contributed by atoms with Crippen molar-refractivity contribution in [3.63, 3.8) is 0 Å². The van der Waals surface area contributed by atoms with Crippen molar-refractivity contribution in [3.8, 4) is 0 Å². The second-order valence-corrected chi connectivity index (χ2v) is 4.69. The molecule has 1 amide bonds. The molecule has 1 unspecified atom stereocenters. The van der Waals surface area contributed by atoms with Crippen molar-refractivity contribution in [3.05, 3.63) is 58.4 Å². The van der Waals surface area contributed by atoms with E-state index in [1.54, 1.807) is 0 Å². The van der Waals surface area contributed by atoms with Crippen LogP contribution in [0.2, 0.25) is 5.02 Å². The highest BCUT2D eigenvalue weighted by atomic mass is 35.5. The second-order valence-electron chi connectivity index (χ2n) is 4.25. The molecule has 20 heavy (non-hydrogen) atoms. The summed E-state index contributed by atoms with van der Waals surface area (Å²) in [7, 11) is 0. The van der Waals surface area contributed by atoms with Crippen molar-refractivity contribution in [2.24, 2.45) is 5.73 Å². The average Bonchev–Trinajstić information content (AvgIpc) is 2.81. The van der Waals surface area contributed by atoms with E-state index in [0.717, 1.165) is 18.3 Å². The van der Waals surface area contributed by atoms with Crippen molar-refractivity contribution >= 4 is 17.5 Å². The smallest absolute Gasteiger partial charge is 0.267 e. The molecule has 4 N–H and O–H groups in total. The summed E-state index contributed by atoms with van der Waals surface area (Å²) in [6.45, 7) is 0.0687. The van der Waals surface area contributed by atoms with Crippen LogP contribution in [0, 0.1) is 11.6 Å². The van der Waals surface area contributed by atoms with Crippen LogP contribution in [-0.4, -0.2) is 17.4 Å². The van der Waals surface area contributed by atoms with Crippen LogP contribution in [0.3, 0.4) is 0 Å². The molecule has 0 aliphatic heterocycles. The molecular formula is C13H12ClF2N3O. The molecule has 0 saturated carbocycles. The molecule has 1 atom stereocenters. The van der Waals surface area contributed by atoms with Gasteiger partial charge in [0.1, 0.15) is 17.3 Å². The number of nitrogens with two attached hydrogens (primary N) is 1. The SMILES string of the molecule is NC(CNC(=O)c1cc(F)c[nH]1)c1cc(F)cc(Cl)c1. The lowest BCUT2D eigenvalue weighted by molar-refractivity contribution is 0.0946. The van der Waals surface area contributed by atoms with E-state index in [2.05, 4.69) is 10.3 Å². The van der Waals surface area contributed by atoms with Gasteiger partial charge in [0.05, 0.1) is 0 Å². The first-order valence-electron chi connectivity index (χ1n) is 5.79. The monoisotopic (exact) mass is 299 g/mol. The molecule has 0 fully saturated rings. The first-order valence-corrected chi connectivity index (χ1v) is 6.17. The number of amides is 1. The quantitative estimate of drug-likeness (QED) is 0.811. The van der Waals surface area contributed by atoms with Crippen LogP contribution in [0.5, 0.6) is 0 Å². The Bertz CT molecular complexity index is 610. The van der Waals surface area contributed by atoms with Crippen molar-refractivity contribution < 1.29 is 13.6 Å². The zero-order chi connectivity index (χ0) is 14.7. The second kappa shape index (κ2) is 6.02. The fraction of sp³-hybridized carbons (Fsp3) is 0.154. The Labute approximate surface area is 118 Å². The number of carbonyl (C=O) groups excluding carboxylic acids is 1. The molecule has 1 aromatic carbocycles. The summed E-state index contributed by atoms with van der Waals surface area (Å²) in [4.78, 5) is 14.1. The number of benzene rings is 1. The van der Waals surface area contributed by atoms with Crippen LogP contribution in [0.4, 0.5) is 8.78 Å². The third-order valence-corrected chi connectivity index (χ3v) is 2.91. The van der Waals surface area contributed by atoms with Crippen molar-refractivity contribution in [2.75, 3.05) is 6.54 Å². The van der Waals surface area contributed by atoms with Gasteiger partial charge in [-0.2, -0.15) is 0 Å². The molecule has 0 saturated heterocycles. The van der Waals surface area contributed by atoms with E-state index in [4.69, 9.17) is 17.3 Å². The molecule has 0 radical (unpaired) electrons. The highest BCUT2D eigenvalue weighted by Crippen LogP contribution is 2.18. The van der Waals surface area contributed by atoms with Crippen LogP contribution < -0.4 is 11.1 Å². The Morgan fingerprint density at radius 1 is 1.30 bits per heavy atom. The number of hydrogen-bond acceptors (Lipinski definition) is 2. The first kappa shape index (κ1) is 14.5. The van der Waals surface area contributed by atoms with Gasteiger partial charge in [-0.05, 0) is 23.8 Å². The summed E-state index contributed by atoms with van der Waals surface area (Å²) in [6.07, 6.45) is 1.07. The maximum absolute atomic E-state index is 13.2. The fourth-order valence-electron chi connectivity index (χ4n) is 1.70. The van der Waals surface area contributed by atoms with Crippen LogP contribution >= 0.6 is 11.6 Å². The van der Waals surface area contributed by atoms with Gasteiger partial charge >= 0.3 is 0 Å². The largest absolute Gasteiger partial charge is 0.355 e. The summed E-state index contributed by atoms with van der Waals surface area (Å²) < 4.78 is 25.9. The number of carbonyl (C=O) groups is 1. The van der Waals surface area contributed by atoms with E-state index >= 15 is 0 Å². The minimum atomic E-state index is -0.619. The van der Waals surface area contributed by atoms with E-state index in [0.29, 0.717) is 5.56 Å². The molecule has 0 bridgehead atoms. The van der Waals surface area contributed by atoms with Gasteiger partial charge < -0.3 is 16.0 Å². The number of rotatable bonds is 4. The Morgan fingerprint density at radius 3 is 2.65 bits per heavy atom. The number of halogens is 3. The molecule has 1 aromatic heterocycles. The standard InChI is InChI=1S/C13H12ClF2N3O/c14-8-1-7(2-9(15)3-8)11(17)6-19-13(20)12-4-10(16)5-18-12/h1-5,11,18H,6,17H2,(H,19,20). The maximum Gasteiger partial charge on any atom is 0.267 e. The summed E-state index contributed by atoms with van der Waals surface area (Å²) >= 11 is 5.73. The molecule has 4 nitrogen and oxygen atoms in total. The van der Waals surface area contributed by atoms with Gasteiger partial charge in [-0.3, -0.25) is 4.79 Å². The molecule has 106 valence electrons. The minimum absolute atomic E-state index is 0.0687. The summed E-state index contributed by atoms with van der Waals surface area (Å²) in [5.74, 6) is -1.52. The number of H-pyrrole nitrogens is 1. The molecule has 7 heteroatoms. The van der Waals surface area contributed by atoms with E-state index in [-0.39, 0.29) is 17.3 Å². The Balaban J connectivity index is 1.98. The van der Waals surface area contributed by atoms with E-state index in [1.807, 2.05) is 0 Å². The average molecular weight is 300 g/mol. The lowest BCUT2D eigenvalue weighted by Gasteiger charge is -2.13. The van der Waals surface area contributed by atoms with Gasteiger partial charge in [-0.1, -0.05) is 11.6 Å². The highest BCUT2D eigenvalue weighted by molar-refractivity contribution is 6.30. The van der Waals surface area contributed by atoms with Gasteiger partial charge in [0.25, 0.3) is 5.91 Å². The molecule has 2 aromatic rings. The number of aromatic amines is 1. The zero-order valence-corrected chi connectivity index (χ0v) is 11.0. The summed E-state index contributed by atoms with van der Waals surface area (Å²) in [6, 6.07) is 4.39. The minimum Gasteiger partial charge on any atom is -0.355 e. The zero-order valence-electron chi connectivity index (χ0n) is 10.3. The van der Waals surface area contributed by atoms with Crippen LogP contribution in [-0.2, 0) is 0 Å². The van der Waals surface area contributed by atoms with Gasteiger partial charge in [0, 0.05) is 29.9 Å². The van der Waals surface area contributed by atoms with Gasteiger partial charge in [0.2, 0.25) is 0 Å². The van der Waals surface area contributed by atoms with Crippen molar-refractivity contribution in [1.82, 2.24) is 10.3 Å². The lowest BCUT2D eigenvalue weighted by atomic mass is 10.1. The normalized spacial score (nSPS) is 12.2. The van der Waals surface area contributed by atoms with E-state index in [1.165, 1.54) is 12.1 Å². The van der Waals surface area contributed by atoms with E-state index in [9.17, 15) is 13.6 Å². The Morgan fingerprint density at radius 2 is 2.05 bits per heavy atom. The molecule has 1 heterocycles. The van der Waals surface area contributed by atoms with Crippen LogP contribution in [0.1, 0.15) is 22.1 Å². The van der Waals surface area contributed by atoms with Gasteiger partial charge in [-0.15, -0.1) is 0 Å². The van der Waals surface area contributed by atoms with Gasteiger partial charge in [0.15, 0.2) is 0 Å². The molecular weight excluding hydrogens is 288 g/mol. The predicted octanol–water partition coefficient (Wildman–Crippen LogP) is 2.38. The number of nitrogens with one attached hydrogen (secondary N) is 2. The van der Waals surface area contributed by atoms with Gasteiger partial charge in [-0.25, -0.2) is 8.78 Å².